The van der Waals surface area contributed by atoms with E-state index in [1.165, 1.54) is 35.7 Å². The second-order valence-electron chi connectivity index (χ2n) is 7.80. The van der Waals surface area contributed by atoms with Crippen molar-refractivity contribution in [3.8, 4) is 5.75 Å². The van der Waals surface area contributed by atoms with E-state index in [1.807, 2.05) is 11.9 Å². The summed E-state index contributed by atoms with van der Waals surface area (Å²) in [5, 5.41) is 0. The minimum absolute atomic E-state index is 0.134. The van der Waals surface area contributed by atoms with Gasteiger partial charge in [-0.15, -0.1) is 0 Å². The van der Waals surface area contributed by atoms with Gasteiger partial charge in [0.1, 0.15) is 11.6 Å². The fraction of sp³-hybridized carbons (Fsp3) is 0.381. The van der Waals surface area contributed by atoms with Crippen LogP contribution in [0.1, 0.15) is 6.42 Å². The van der Waals surface area contributed by atoms with Crippen LogP contribution in [0.5, 0.6) is 5.75 Å². The Kier molecular flexibility index (Phi) is 5.29. The number of anilines is 1. The molecular weight excluding hydrogens is 409 g/mol. The number of ether oxygens (including phenoxy) is 1. The summed E-state index contributed by atoms with van der Waals surface area (Å²) >= 11 is 0. The first kappa shape index (κ1) is 20.8. The molecule has 2 heterocycles. The number of methoxy groups -OCH3 is 1. The van der Waals surface area contributed by atoms with Crippen molar-refractivity contribution in [1.29, 1.82) is 0 Å². The quantitative estimate of drug-likeness (QED) is 0.737. The molecule has 0 bridgehead atoms. The molecule has 2 aliphatic heterocycles. The molecule has 30 heavy (non-hydrogen) atoms. The molecule has 1 atom stereocenters. The number of rotatable bonds is 4. The molecule has 1 amide bonds. The van der Waals surface area contributed by atoms with Crippen LogP contribution in [0.4, 0.5) is 10.1 Å². The number of hydrogen-bond donors (Lipinski definition) is 0. The lowest BCUT2D eigenvalue weighted by atomic mass is 9.92. The highest BCUT2D eigenvalue weighted by Crippen LogP contribution is 2.36. The molecular formula is C21H24FN3O4S. The summed E-state index contributed by atoms with van der Waals surface area (Å²) in [5.41, 5.74) is -0.0383. The summed E-state index contributed by atoms with van der Waals surface area (Å²) in [6.45, 7) is 1.06. The molecule has 7 nitrogen and oxygen atoms in total. The monoisotopic (exact) mass is 433 g/mol. The minimum atomic E-state index is -3.68. The lowest BCUT2D eigenvalue weighted by Gasteiger charge is -2.46. The van der Waals surface area contributed by atoms with Crippen molar-refractivity contribution < 1.29 is 22.3 Å². The molecule has 0 N–H and O–H groups in total. The highest BCUT2D eigenvalue weighted by atomic mass is 32.2. The highest BCUT2D eigenvalue weighted by molar-refractivity contribution is 7.89. The molecule has 2 saturated heterocycles. The Morgan fingerprint density at radius 3 is 2.50 bits per heavy atom. The van der Waals surface area contributed by atoms with Gasteiger partial charge in [-0.05, 0) is 55.9 Å². The number of benzene rings is 2. The number of piperazine rings is 1. The van der Waals surface area contributed by atoms with E-state index in [0.29, 0.717) is 30.9 Å². The van der Waals surface area contributed by atoms with E-state index in [-0.39, 0.29) is 23.9 Å². The molecule has 2 fully saturated rings. The Bertz CT molecular complexity index is 1060. The van der Waals surface area contributed by atoms with Gasteiger partial charge in [0, 0.05) is 25.3 Å². The summed E-state index contributed by atoms with van der Waals surface area (Å²) in [7, 11) is -0.313. The number of likely N-dealkylation sites (N-methyl/N-ethyl adjacent to an activating group) is 1. The predicted molar refractivity (Wildman–Crippen MR) is 110 cm³/mol. The minimum Gasteiger partial charge on any atom is -0.497 e. The molecule has 0 saturated carbocycles. The van der Waals surface area contributed by atoms with Gasteiger partial charge in [-0.2, -0.15) is 4.31 Å². The van der Waals surface area contributed by atoms with Gasteiger partial charge in [-0.25, -0.2) is 12.8 Å². The number of sulfonamides is 1. The second-order valence-corrected chi connectivity index (χ2v) is 9.74. The molecule has 4 rings (SSSR count). The number of nitrogens with zero attached hydrogens (tertiary/aromatic N) is 3. The zero-order chi connectivity index (χ0) is 21.5. The van der Waals surface area contributed by atoms with Crippen LogP contribution in [0.25, 0.3) is 0 Å². The summed E-state index contributed by atoms with van der Waals surface area (Å²) in [6.07, 6.45) is 0.581. The predicted octanol–water partition coefficient (Wildman–Crippen LogP) is 1.95. The maximum Gasteiger partial charge on any atom is 0.243 e. The topological polar surface area (TPSA) is 70.2 Å². The Morgan fingerprint density at radius 1 is 1.10 bits per heavy atom. The molecule has 0 aromatic heterocycles. The van der Waals surface area contributed by atoms with Gasteiger partial charge >= 0.3 is 0 Å². The Morgan fingerprint density at radius 2 is 1.83 bits per heavy atom. The Labute approximate surface area is 175 Å². The molecule has 2 aromatic carbocycles. The molecule has 9 heteroatoms. The molecule has 2 aromatic rings. The third-order valence-corrected chi connectivity index (χ3v) is 7.91. The van der Waals surface area contributed by atoms with E-state index < -0.39 is 21.4 Å². The first-order valence-electron chi connectivity index (χ1n) is 9.67. The summed E-state index contributed by atoms with van der Waals surface area (Å²) in [5.74, 6) is 0.0386. The SMILES string of the molecule is COc1ccc(S(=O)(=O)N2CC[C@]3(CN(c4cccc(F)c4)C(=O)CN3C)C2)cc1. The van der Waals surface area contributed by atoms with Gasteiger partial charge in [0.25, 0.3) is 0 Å². The zero-order valence-electron chi connectivity index (χ0n) is 16.9. The van der Waals surface area contributed by atoms with E-state index in [0.717, 1.165) is 0 Å². The van der Waals surface area contributed by atoms with E-state index in [1.54, 1.807) is 29.2 Å². The van der Waals surface area contributed by atoms with Crippen LogP contribution in [0, 0.1) is 5.82 Å². The summed E-state index contributed by atoms with van der Waals surface area (Å²) < 4.78 is 46.6. The van der Waals surface area contributed by atoms with Crippen molar-refractivity contribution in [3.63, 3.8) is 0 Å². The van der Waals surface area contributed by atoms with Gasteiger partial charge in [0.15, 0.2) is 0 Å². The van der Waals surface area contributed by atoms with Crippen molar-refractivity contribution in [2.24, 2.45) is 0 Å². The third kappa shape index (κ3) is 3.57. The van der Waals surface area contributed by atoms with E-state index in [9.17, 15) is 17.6 Å². The van der Waals surface area contributed by atoms with Crippen LogP contribution >= 0.6 is 0 Å². The van der Waals surface area contributed by atoms with Crippen LogP contribution in [0.15, 0.2) is 53.4 Å². The number of halogens is 1. The van der Waals surface area contributed by atoms with Crippen LogP contribution in [-0.4, -0.2) is 69.4 Å². The molecule has 0 aliphatic carbocycles. The van der Waals surface area contributed by atoms with Gasteiger partial charge in [-0.1, -0.05) is 6.07 Å². The zero-order valence-corrected chi connectivity index (χ0v) is 17.7. The number of amides is 1. The van der Waals surface area contributed by atoms with Crippen molar-refractivity contribution >= 4 is 21.6 Å². The Balaban J connectivity index is 1.59. The van der Waals surface area contributed by atoms with Crippen LogP contribution in [0.3, 0.4) is 0 Å². The molecule has 1 spiro atoms. The number of hydrogen-bond acceptors (Lipinski definition) is 5. The van der Waals surface area contributed by atoms with Crippen LogP contribution in [0.2, 0.25) is 0 Å². The first-order chi connectivity index (χ1) is 14.2. The molecule has 2 aliphatic rings. The highest BCUT2D eigenvalue weighted by Gasteiger charge is 2.50. The van der Waals surface area contributed by atoms with Crippen molar-refractivity contribution in [3.05, 3.63) is 54.3 Å². The Hall–Kier alpha value is -2.49. The van der Waals surface area contributed by atoms with Crippen molar-refractivity contribution in [2.75, 3.05) is 45.2 Å². The third-order valence-electron chi connectivity index (χ3n) is 6.05. The molecule has 0 radical (unpaired) electrons. The normalized spacial score (nSPS) is 23.3. The van der Waals surface area contributed by atoms with E-state index in [2.05, 4.69) is 0 Å². The van der Waals surface area contributed by atoms with Crippen molar-refractivity contribution in [1.82, 2.24) is 9.21 Å². The van der Waals surface area contributed by atoms with Crippen molar-refractivity contribution in [2.45, 2.75) is 16.9 Å². The molecule has 0 unspecified atom stereocenters. The average Bonchev–Trinajstić information content (AvgIpc) is 3.17. The van der Waals surface area contributed by atoms with Gasteiger partial charge < -0.3 is 9.64 Å². The number of carbonyl (C=O) groups excluding carboxylic acids is 1. The fourth-order valence-electron chi connectivity index (χ4n) is 4.20. The smallest absolute Gasteiger partial charge is 0.243 e. The summed E-state index contributed by atoms with van der Waals surface area (Å²) in [6, 6.07) is 12.2. The van der Waals surface area contributed by atoms with Gasteiger partial charge in [0.05, 0.1) is 24.1 Å². The van der Waals surface area contributed by atoms with Gasteiger partial charge in [0.2, 0.25) is 15.9 Å². The largest absolute Gasteiger partial charge is 0.497 e. The molecule has 160 valence electrons. The van der Waals surface area contributed by atoms with Gasteiger partial charge in [-0.3, -0.25) is 9.69 Å². The van der Waals surface area contributed by atoms with Crippen LogP contribution < -0.4 is 9.64 Å². The number of carbonyl (C=O) groups is 1. The second kappa shape index (κ2) is 7.64. The van der Waals surface area contributed by atoms with Crippen LogP contribution in [-0.2, 0) is 14.8 Å². The van der Waals surface area contributed by atoms with E-state index >= 15 is 0 Å². The maximum atomic E-state index is 13.7. The lowest BCUT2D eigenvalue weighted by Crippen LogP contribution is -2.64. The maximum absolute atomic E-state index is 13.7. The fourth-order valence-corrected chi connectivity index (χ4v) is 5.72. The standard InChI is InChI=1S/C21H24FN3O4S/c1-23-13-20(26)25(17-5-3-4-16(22)12-17)15-21(23)10-11-24(14-21)30(27,28)19-8-6-18(29-2)7-9-19/h3-9,12H,10-11,13-15H2,1-2H3/t21-/m1/s1. The average molecular weight is 434 g/mol. The van der Waals surface area contributed by atoms with E-state index in [4.69, 9.17) is 4.74 Å². The lowest BCUT2D eigenvalue weighted by molar-refractivity contribution is -0.123. The first-order valence-corrected chi connectivity index (χ1v) is 11.1. The summed E-state index contributed by atoms with van der Waals surface area (Å²) in [4.78, 5) is 16.3.